The molecule has 0 saturated carbocycles. The van der Waals surface area contributed by atoms with Crippen LogP contribution in [0.1, 0.15) is 0 Å². The van der Waals surface area contributed by atoms with Crippen molar-refractivity contribution in [2.75, 3.05) is 0 Å². The van der Waals surface area contributed by atoms with E-state index in [9.17, 15) is 0 Å². The van der Waals surface area contributed by atoms with Crippen LogP contribution in [-0.4, -0.2) is 16.5 Å². The molecule has 0 aliphatic heterocycles. The second-order valence-corrected chi connectivity index (χ2v) is 0.357. The SMILES string of the molecule is O=C(O)OO.[Nd]. The van der Waals surface area contributed by atoms with Crippen molar-refractivity contribution >= 4 is 6.16 Å². The Morgan fingerprint density at radius 1 is 1.67 bits per heavy atom. The Morgan fingerprint density at radius 3 is 1.83 bits per heavy atom. The molecular weight excluding hydrogens is 220 g/mol. The molecule has 5 heteroatoms. The third kappa shape index (κ3) is 8.82. The Morgan fingerprint density at radius 2 is 1.83 bits per heavy atom. The van der Waals surface area contributed by atoms with E-state index in [1.54, 1.807) is 0 Å². The van der Waals surface area contributed by atoms with Crippen molar-refractivity contribution in [2.45, 2.75) is 0 Å². The fourth-order valence-corrected chi connectivity index (χ4v) is 0. The minimum atomic E-state index is -1.69. The Bertz CT molecular complexity index is 42.8. The minimum Gasteiger partial charge on any atom is -0.448 e. The molecule has 0 amide bonds. The van der Waals surface area contributed by atoms with Crippen LogP contribution in [0, 0.1) is 40.8 Å². The van der Waals surface area contributed by atoms with Gasteiger partial charge >= 0.3 is 6.16 Å². The van der Waals surface area contributed by atoms with Gasteiger partial charge < -0.3 is 5.11 Å². The van der Waals surface area contributed by atoms with E-state index in [0.717, 1.165) is 0 Å². The molecule has 0 aliphatic carbocycles. The van der Waals surface area contributed by atoms with Crippen LogP contribution in [0.15, 0.2) is 0 Å². The van der Waals surface area contributed by atoms with E-state index in [-0.39, 0.29) is 40.8 Å². The van der Waals surface area contributed by atoms with E-state index in [1.807, 2.05) is 0 Å². The normalized spacial score (nSPS) is 5.50. The summed E-state index contributed by atoms with van der Waals surface area (Å²) >= 11 is 0. The molecule has 2 N–H and O–H groups in total. The molecule has 34 valence electrons. The Labute approximate surface area is 66.6 Å². The maximum atomic E-state index is 8.90. The monoisotopic (exact) mass is 220 g/mol. The molecule has 0 aromatic rings. The summed E-state index contributed by atoms with van der Waals surface area (Å²) in [6, 6.07) is 0. The van der Waals surface area contributed by atoms with Crippen molar-refractivity contribution < 1.29 is 60.9 Å². The summed E-state index contributed by atoms with van der Waals surface area (Å²) in [5, 5.41) is 14.3. The van der Waals surface area contributed by atoms with E-state index in [2.05, 4.69) is 4.89 Å². The molecule has 0 aromatic heterocycles. The molecule has 0 spiro atoms. The van der Waals surface area contributed by atoms with Gasteiger partial charge in [0.25, 0.3) is 0 Å². The van der Waals surface area contributed by atoms with E-state index < -0.39 is 6.16 Å². The van der Waals surface area contributed by atoms with Crippen LogP contribution in [0.25, 0.3) is 0 Å². The van der Waals surface area contributed by atoms with Gasteiger partial charge in [-0.1, -0.05) is 0 Å². The summed E-state index contributed by atoms with van der Waals surface area (Å²) in [5.41, 5.74) is 0. The summed E-state index contributed by atoms with van der Waals surface area (Å²) < 4.78 is 0. The van der Waals surface area contributed by atoms with Gasteiger partial charge in [0.1, 0.15) is 0 Å². The van der Waals surface area contributed by atoms with E-state index in [0.29, 0.717) is 0 Å². The predicted molar refractivity (Wildman–Crippen MR) is 11.7 cm³/mol. The summed E-state index contributed by atoms with van der Waals surface area (Å²) in [6.45, 7) is 0. The number of hydrogen-bond acceptors (Lipinski definition) is 3. The van der Waals surface area contributed by atoms with Gasteiger partial charge in [-0.25, -0.2) is 4.79 Å². The standard InChI is InChI=1S/CH2O4.Nd/c2-1(3)5-4;/h4H,(H,2,3);. The van der Waals surface area contributed by atoms with Crippen molar-refractivity contribution in [3.8, 4) is 0 Å². The zero-order chi connectivity index (χ0) is 4.28. The van der Waals surface area contributed by atoms with Gasteiger partial charge in [0.05, 0.1) is 0 Å². The first-order valence-corrected chi connectivity index (χ1v) is 0.814. The van der Waals surface area contributed by atoms with Crippen LogP contribution in [0.2, 0.25) is 0 Å². The summed E-state index contributed by atoms with van der Waals surface area (Å²) in [5.74, 6) is 0. The van der Waals surface area contributed by atoms with Gasteiger partial charge in [0.2, 0.25) is 0 Å². The molecule has 0 bridgehead atoms. The molecular formula is CH2NdO4. The summed E-state index contributed by atoms with van der Waals surface area (Å²) in [4.78, 5) is 11.6. The third-order valence-electron chi connectivity index (χ3n) is 0.0781. The van der Waals surface area contributed by atoms with Crippen molar-refractivity contribution in [1.29, 1.82) is 0 Å². The maximum absolute atomic E-state index is 8.90. The third-order valence-corrected chi connectivity index (χ3v) is 0.0781. The number of hydrogen-bond donors (Lipinski definition) is 2. The van der Waals surface area contributed by atoms with Crippen LogP contribution in [0.3, 0.4) is 0 Å². The van der Waals surface area contributed by atoms with Crippen molar-refractivity contribution in [1.82, 2.24) is 0 Å². The first-order valence-electron chi connectivity index (χ1n) is 0.814. The number of carbonyl (C=O) groups is 1. The van der Waals surface area contributed by atoms with Gasteiger partial charge in [-0.2, -0.15) is 5.26 Å². The first kappa shape index (κ1) is 9.77. The van der Waals surface area contributed by atoms with Gasteiger partial charge in [-0.05, 0) is 0 Å². The Hall–Kier alpha value is 0.581. The molecule has 6 heavy (non-hydrogen) atoms. The van der Waals surface area contributed by atoms with Gasteiger partial charge in [0, 0.05) is 40.8 Å². The van der Waals surface area contributed by atoms with Crippen molar-refractivity contribution in [3.05, 3.63) is 0 Å². The van der Waals surface area contributed by atoms with E-state index >= 15 is 0 Å². The smallest absolute Gasteiger partial charge is 0.448 e. The zero-order valence-electron chi connectivity index (χ0n) is 2.71. The van der Waals surface area contributed by atoms with Crippen molar-refractivity contribution in [3.63, 3.8) is 0 Å². The van der Waals surface area contributed by atoms with Gasteiger partial charge in [-0.3, -0.25) is 4.89 Å². The van der Waals surface area contributed by atoms with E-state index in [4.69, 9.17) is 15.2 Å². The van der Waals surface area contributed by atoms with Crippen LogP contribution >= 0.6 is 0 Å². The Kier molecular flexibility index (Phi) is 9.08. The van der Waals surface area contributed by atoms with Crippen LogP contribution in [0.4, 0.5) is 4.79 Å². The average Bonchev–Trinajstić information content (AvgIpc) is 1.38. The zero-order valence-corrected chi connectivity index (χ0v) is 5.92. The van der Waals surface area contributed by atoms with E-state index in [1.165, 1.54) is 0 Å². The van der Waals surface area contributed by atoms with Gasteiger partial charge in [0.15, 0.2) is 0 Å². The second kappa shape index (κ2) is 5.58. The van der Waals surface area contributed by atoms with Gasteiger partial charge in [-0.15, -0.1) is 0 Å². The molecule has 0 aliphatic rings. The molecule has 0 unspecified atom stereocenters. The quantitative estimate of drug-likeness (QED) is 0.452. The molecule has 0 saturated heterocycles. The van der Waals surface area contributed by atoms with Crippen molar-refractivity contribution in [2.24, 2.45) is 0 Å². The van der Waals surface area contributed by atoms with Crippen LogP contribution < -0.4 is 0 Å². The fourth-order valence-electron chi connectivity index (χ4n) is 0. The Balaban J connectivity index is 0. The predicted octanol–water partition coefficient (Wildman–Crippen LogP) is 0.154. The minimum absolute atomic E-state index is 0. The molecule has 0 fully saturated rings. The molecule has 4 nitrogen and oxygen atoms in total. The maximum Gasteiger partial charge on any atom is 0.537 e. The van der Waals surface area contributed by atoms with Crippen LogP contribution in [0.5, 0.6) is 0 Å². The average molecular weight is 222 g/mol. The summed E-state index contributed by atoms with van der Waals surface area (Å²) in [7, 11) is 0. The first-order chi connectivity index (χ1) is 2.27. The molecule has 0 rings (SSSR count). The second-order valence-electron chi connectivity index (χ2n) is 0.357. The topological polar surface area (TPSA) is 66.8 Å². The number of rotatable bonds is 0. The molecule has 0 radical (unpaired) electrons. The molecule has 0 heterocycles. The number of carboxylic acid groups (broad SMARTS) is 1. The summed E-state index contributed by atoms with van der Waals surface area (Å²) in [6.07, 6.45) is -1.69. The molecule has 0 aromatic carbocycles. The molecule has 0 atom stereocenters. The largest absolute Gasteiger partial charge is 0.537 e. The fraction of sp³-hybridized carbons (Fsp3) is 0. The van der Waals surface area contributed by atoms with Crippen LogP contribution in [-0.2, 0) is 4.89 Å².